The van der Waals surface area contributed by atoms with Crippen LogP contribution in [0.1, 0.15) is 48.0 Å². The number of amides is 2. The van der Waals surface area contributed by atoms with Crippen molar-refractivity contribution in [3.63, 3.8) is 0 Å². The molecular formula is C23H27N3O4. The van der Waals surface area contributed by atoms with Gasteiger partial charge in [-0.25, -0.2) is 0 Å². The summed E-state index contributed by atoms with van der Waals surface area (Å²) in [4.78, 5) is 25.8. The van der Waals surface area contributed by atoms with E-state index in [0.717, 1.165) is 24.1 Å². The highest BCUT2D eigenvalue weighted by molar-refractivity contribution is 6.10. The average Bonchev–Trinajstić information content (AvgIpc) is 3.09. The lowest BCUT2D eigenvalue weighted by molar-refractivity contribution is -0.116. The average molecular weight is 409 g/mol. The van der Waals surface area contributed by atoms with Gasteiger partial charge in [-0.1, -0.05) is 12.5 Å². The molecule has 1 saturated carbocycles. The van der Waals surface area contributed by atoms with Crippen LogP contribution in [0.3, 0.4) is 0 Å². The van der Waals surface area contributed by atoms with Crippen LogP contribution < -0.4 is 25.4 Å². The number of ether oxygens (including phenoxy) is 2. The fourth-order valence-corrected chi connectivity index (χ4v) is 4.10. The molecule has 0 radical (unpaired) electrons. The van der Waals surface area contributed by atoms with Gasteiger partial charge in [-0.05, 0) is 55.5 Å². The lowest BCUT2D eigenvalue weighted by Crippen LogP contribution is -2.24. The highest BCUT2D eigenvalue weighted by Gasteiger charge is 2.29. The van der Waals surface area contributed by atoms with E-state index >= 15 is 0 Å². The third-order valence-corrected chi connectivity index (χ3v) is 5.69. The van der Waals surface area contributed by atoms with Crippen molar-refractivity contribution in [2.75, 3.05) is 23.9 Å². The zero-order chi connectivity index (χ0) is 21.1. The number of nitrogens with two attached hydrogens (primary N) is 1. The van der Waals surface area contributed by atoms with Crippen LogP contribution in [0.2, 0.25) is 0 Å². The van der Waals surface area contributed by atoms with E-state index in [1.165, 1.54) is 19.3 Å². The standard InChI is InChI=1S/C23H27N3O4/c1-29-20-10-9-17(12-21(20)30-18-5-3-2-4-6-18)26-14-15-7-8-16(25-13-22(24)27)11-19(15)23(26)28/h7-12,18,25H,2-6,13-14H2,1H3,(H2,24,27). The normalized spacial score (nSPS) is 16.3. The Kier molecular flexibility index (Phi) is 5.79. The molecular weight excluding hydrogens is 382 g/mol. The second-order valence-corrected chi connectivity index (χ2v) is 7.80. The zero-order valence-electron chi connectivity index (χ0n) is 17.1. The fraction of sp³-hybridized carbons (Fsp3) is 0.391. The maximum Gasteiger partial charge on any atom is 0.259 e. The van der Waals surface area contributed by atoms with Gasteiger partial charge in [0, 0.05) is 23.0 Å². The number of fused-ring (bicyclic) bond motifs is 1. The Labute approximate surface area is 176 Å². The molecule has 2 amide bonds. The Morgan fingerprint density at radius 1 is 1.13 bits per heavy atom. The molecule has 0 bridgehead atoms. The summed E-state index contributed by atoms with van der Waals surface area (Å²) >= 11 is 0. The van der Waals surface area contributed by atoms with Crippen molar-refractivity contribution >= 4 is 23.2 Å². The molecule has 30 heavy (non-hydrogen) atoms. The zero-order valence-corrected chi connectivity index (χ0v) is 17.1. The summed E-state index contributed by atoms with van der Waals surface area (Å²) in [6, 6.07) is 11.1. The van der Waals surface area contributed by atoms with E-state index in [0.29, 0.717) is 29.3 Å². The molecule has 7 heteroatoms. The summed E-state index contributed by atoms with van der Waals surface area (Å²) in [6.45, 7) is 0.510. The maximum atomic E-state index is 13.1. The molecule has 4 rings (SSSR count). The summed E-state index contributed by atoms with van der Waals surface area (Å²) < 4.78 is 11.7. The molecule has 0 saturated heterocycles. The number of carbonyl (C=O) groups excluding carboxylic acids is 2. The smallest absolute Gasteiger partial charge is 0.259 e. The number of benzene rings is 2. The van der Waals surface area contributed by atoms with E-state index in [1.54, 1.807) is 18.1 Å². The van der Waals surface area contributed by atoms with Gasteiger partial charge < -0.3 is 25.4 Å². The second kappa shape index (κ2) is 8.65. The van der Waals surface area contributed by atoms with Crippen LogP contribution >= 0.6 is 0 Å². The highest BCUT2D eigenvalue weighted by atomic mass is 16.5. The molecule has 1 aliphatic carbocycles. The first kappa shape index (κ1) is 20.1. The van der Waals surface area contributed by atoms with Crippen LogP contribution in [0.5, 0.6) is 11.5 Å². The highest BCUT2D eigenvalue weighted by Crippen LogP contribution is 2.37. The SMILES string of the molecule is COc1ccc(N2Cc3ccc(NCC(N)=O)cc3C2=O)cc1OC1CCCCC1. The number of hydrogen-bond acceptors (Lipinski definition) is 5. The van der Waals surface area contributed by atoms with Gasteiger partial charge in [0.1, 0.15) is 0 Å². The molecule has 1 fully saturated rings. The third-order valence-electron chi connectivity index (χ3n) is 5.69. The van der Waals surface area contributed by atoms with E-state index in [1.807, 2.05) is 30.3 Å². The summed E-state index contributed by atoms with van der Waals surface area (Å²) in [5, 5.41) is 2.94. The number of hydrogen-bond donors (Lipinski definition) is 2. The Morgan fingerprint density at radius 2 is 1.93 bits per heavy atom. The molecule has 0 aromatic heterocycles. The molecule has 1 aliphatic heterocycles. The van der Waals surface area contributed by atoms with Gasteiger partial charge in [0.2, 0.25) is 5.91 Å². The van der Waals surface area contributed by atoms with E-state index in [2.05, 4.69) is 5.32 Å². The minimum absolute atomic E-state index is 0.0248. The van der Waals surface area contributed by atoms with Crippen LogP contribution in [-0.2, 0) is 11.3 Å². The van der Waals surface area contributed by atoms with Gasteiger partial charge in [-0.2, -0.15) is 0 Å². The van der Waals surface area contributed by atoms with Gasteiger partial charge in [-0.3, -0.25) is 9.59 Å². The van der Waals surface area contributed by atoms with Gasteiger partial charge in [0.25, 0.3) is 5.91 Å². The topological polar surface area (TPSA) is 93.9 Å². The lowest BCUT2D eigenvalue weighted by Gasteiger charge is -2.25. The van der Waals surface area contributed by atoms with Gasteiger partial charge >= 0.3 is 0 Å². The Bertz CT molecular complexity index is 953. The minimum Gasteiger partial charge on any atom is -0.493 e. The van der Waals surface area contributed by atoms with Gasteiger partial charge in [-0.15, -0.1) is 0 Å². The Morgan fingerprint density at radius 3 is 2.67 bits per heavy atom. The maximum absolute atomic E-state index is 13.1. The Hall–Kier alpha value is -3.22. The molecule has 3 N–H and O–H groups in total. The van der Waals surface area contributed by atoms with Crippen LogP contribution in [0.25, 0.3) is 0 Å². The second-order valence-electron chi connectivity index (χ2n) is 7.80. The number of anilines is 2. The number of rotatable bonds is 7. The summed E-state index contributed by atoms with van der Waals surface area (Å²) in [5.41, 5.74) is 8.21. The summed E-state index contributed by atoms with van der Waals surface area (Å²) in [6.07, 6.45) is 5.89. The number of carbonyl (C=O) groups is 2. The van der Waals surface area contributed by atoms with E-state index in [4.69, 9.17) is 15.2 Å². The van der Waals surface area contributed by atoms with Crippen LogP contribution in [0.15, 0.2) is 36.4 Å². The third kappa shape index (κ3) is 4.20. The number of primary amides is 1. The first-order chi connectivity index (χ1) is 14.5. The monoisotopic (exact) mass is 409 g/mol. The predicted molar refractivity (Wildman–Crippen MR) is 115 cm³/mol. The van der Waals surface area contributed by atoms with Crippen LogP contribution in [-0.4, -0.2) is 31.6 Å². The Balaban J connectivity index is 1.55. The first-order valence-electron chi connectivity index (χ1n) is 10.4. The van der Waals surface area contributed by atoms with Crippen molar-refractivity contribution in [3.8, 4) is 11.5 Å². The largest absolute Gasteiger partial charge is 0.493 e. The molecule has 0 atom stereocenters. The molecule has 1 heterocycles. The molecule has 2 aliphatic rings. The van der Waals surface area contributed by atoms with Crippen LogP contribution in [0.4, 0.5) is 11.4 Å². The fourth-order valence-electron chi connectivity index (χ4n) is 4.10. The van der Waals surface area contributed by atoms with E-state index < -0.39 is 5.91 Å². The van der Waals surface area contributed by atoms with E-state index in [9.17, 15) is 9.59 Å². The van der Waals surface area contributed by atoms with Crippen molar-refractivity contribution < 1.29 is 19.1 Å². The van der Waals surface area contributed by atoms with Crippen molar-refractivity contribution in [2.24, 2.45) is 5.73 Å². The van der Waals surface area contributed by atoms with Crippen LogP contribution in [0, 0.1) is 0 Å². The number of nitrogens with one attached hydrogen (secondary N) is 1. The van der Waals surface area contributed by atoms with Crippen molar-refractivity contribution in [1.29, 1.82) is 0 Å². The van der Waals surface area contributed by atoms with E-state index in [-0.39, 0.29) is 18.6 Å². The summed E-state index contributed by atoms with van der Waals surface area (Å²) in [5.74, 6) is 0.814. The quantitative estimate of drug-likeness (QED) is 0.730. The molecule has 0 spiro atoms. The summed E-state index contributed by atoms with van der Waals surface area (Å²) in [7, 11) is 1.63. The molecule has 7 nitrogen and oxygen atoms in total. The van der Waals surface area contributed by atoms with Gasteiger partial charge in [0.15, 0.2) is 11.5 Å². The molecule has 2 aromatic carbocycles. The van der Waals surface area contributed by atoms with Crippen molar-refractivity contribution in [3.05, 3.63) is 47.5 Å². The minimum atomic E-state index is -0.452. The number of methoxy groups -OCH3 is 1. The first-order valence-corrected chi connectivity index (χ1v) is 10.4. The number of nitrogens with zero attached hydrogens (tertiary/aromatic N) is 1. The lowest BCUT2D eigenvalue weighted by atomic mass is 9.98. The molecule has 2 aromatic rings. The molecule has 158 valence electrons. The van der Waals surface area contributed by atoms with Gasteiger partial charge in [0.05, 0.1) is 26.3 Å². The predicted octanol–water partition coefficient (Wildman–Crippen LogP) is 3.46. The van der Waals surface area contributed by atoms with Crippen molar-refractivity contribution in [1.82, 2.24) is 0 Å². The van der Waals surface area contributed by atoms with Crippen molar-refractivity contribution in [2.45, 2.75) is 44.8 Å². The molecule has 0 unspecified atom stereocenters.